The third kappa shape index (κ3) is 4.84. The molecule has 1 unspecified atom stereocenters. The summed E-state index contributed by atoms with van der Waals surface area (Å²) in [6.45, 7) is 1.88. The number of methoxy groups -OCH3 is 1. The smallest absolute Gasteiger partial charge is 0.305 e. The van der Waals surface area contributed by atoms with Crippen LogP contribution in [-0.4, -0.2) is 29.9 Å². The zero-order valence-corrected chi connectivity index (χ0v) is 18.7. The molecule has 34 heavy (non-hydrogen) atoms. The molecule has 0 spiro atoms. The van der Waals surface area contributed by atoms with E-state index >= 15 is 0 Å². The molecule has 0 amide bonds. The number of carboxylic acids is 1. The number of halogens is 1. The second-order valence-corrected chi connectivity index (χ2v) is 7.88. The summed E-state index contributed by atoms with van der Waals surface area (Å²) >= 11 is 0. The van der Waals surface area contributed by atoms with Crippen molar-refractivity contribution in [2.24, 2.45) is 5.10 Å². The highest BCUT2D eigenvalue weighted by Gasteiger charge is 2.29. The Balaban J connectivity index is 1.52. The van der Waals surface area contributed by atoms with Crippen LogP contribution >= 0.6 is 0 Å². The fraction of sp³-hybridized carbons (Fsp3) is 0.192. The van der Waals surface area contributed by atoms with Crippen LogP contribution in [0.25, 0.3) is 11.1 Å². The Morgan fingerprint density at radius 1 is 1.18 bits per heavy atom. The number of nitrogens with zero attached hydrogens (tertiary/aromatic N) is 3. The van der Waals surface area contributed by atoms with Gasteiger partial charge in [-0.15, -0.1) is 0 Å². The third-order valence-electron chi connectivity index (χ3n) is 5.53. The molecule has 1 aliphatic heterocycles. The molecule has 0 aliphatic carbocycles. The van der Waals surface area contributed by atoms with Crippen LogP contribution in [0.4, 0.5) is 10.1 Å². The number of hydrogen-bond acceptors (Lipinski definition) is 6. The quantitative estimate of drug-likeness (QED) is 0.499. The van der Waals surface area contributed by atoms with Gasteiger partial charge in [-0.05, 0) is 72.6 Å². The zero-order valence-electron chi connectivity index (χ0n) is 18.7. The summed E-state index contributed by atoms with van der Waals surface area (Å²) in [6.07, 6.45) is 0.173. The lowest BCUT2D eigenvalue weighted by atomic mass is 10.0. The summed E-state index contributed by atoms with van der Waals surface area (Å²) in [7, 11) is 1.54. The van der Waals surface area contributed by atoms with Gasteiger partial charge in [-0.25, -0.2) is 4.39 Å². The van der Waals surface area contributed by atoms with Gasteiger partial charge in [0, 0.05) is 12.0 Å². The van der Waals surface area contributed by atoms with Crippen molar-refractivity contribution in [1.29, 1.82) is 5.26 Å². The minimum atomic E-state index is -0.947. The largest absolute Gasteiger partial charge is 0.497 e. The van der Waals surface area contributed by atoms with Crippen molar-refractivity contribution in [3.05, 3.63) is 72.0 Å². The van der Waals surface area contributed by atoms with Crippen LogP contribution in [0.1, 0.15) is 18.4 Å². The number of nitriles is 1. The minimum Gasteiger partial charge on any atom is -0.497 e. The van der Waals surface area contributed by atoms with E-state index in [9.17, 15) is 9.18 Å². The van der Waals surface area contributed by atoms with Crippen molar-refractivity contribution in [3.63, 3.8) is 0 Å². The lowest BCUT2D eigenvalue weighted by molar-refractivity contribution is -0.137. The van der Waals surface area contributed by atoms with E-state index in [-0.39, 0.29) is 12.2 Å². The number of aliphatic carboxylic acids is 1. The molecule has 7 nitrogen and oxygen atoms in total. The van der Waals surface area contributed by atoms with Crippen LogP contribution in [0, 0.1) is 24.1 Å². The summed E-state index contributed by atoms with van der Waals surface area (Å²) in [5.74, 6) is 0.483. The fourth-order valence-electron chi connectivity index (χ4n) is 3.84. The SMILES string of the molecule is COc1ccc(F)c(-c2ccc(Oc3ccc(N4N=C(C#N)CC4CC(=O)O)cc3)c(C)c2)c1. The number of carboxylic acid groups (broad SMARTS) is 1. The molecular weight excluding hydrogens is 437 g/mol. The van der Waals surface area contributed by atoms with E-state index in [0.717, 1.165) is 5.56 Å². The van der Waals surface area contributed by atoms with Gasteiger partial charge in [-0.2, -0.15) is 10.4 Å². The van der Waals surface area contributed by atoms with Gasteiger partial charge < -0.3 is 14.6 Å². The van der Waals surface area contributed by atoms with Crippen molar-refractivity contribution >= 4 is 17.4 Å². The molecule has 0 saturated carbocycles. The summed E-state index contributed by atoms with van der Waals surface area (Å²) in [6, 6.07) is 18.6. The Kier molecular flexibility index (Phi) is 6.46. The first-order chi connectivity index (χ1) is 16.4. The van der Waals surface area contributed by atoms with Crippen molar-refractivity contribution in [1.82, 2.24) is 0 Å². The highest BCUT2D eigenvalue weighted by molar-refractivity contribution is 6.01. The van der Waals surface area contributed by atoms with Crippen molar-refractivity contribution in [3.8, 4) is 34.4 Å². The van der Waals surface area contributed by atoms with Gasteiger partial charge in [0.05, 0.1) is 25.3 Å². The molecule has 1 atom stereocenters. The lowest BCUT2D eigenvalue weighted by Gasteiger charge is -2.22. The van der Waals surface area contributed by atoms with Crippen molar-refractivity contribution in [2.45, 2.75) is 25.8 Å². The summed E-state index contributed by atoms with van der Waals surface area (Å²) in [4.78, 5) is 11.2. The maximum atomic E-state index is 14.3. The van der Waals surface area contributed by atoms with Crippen LogP contribution < -0.4 is 14.5 Å². The molecule has 3 aromatic rings. The Bertz CT molecular complexity index is 1300. The zero-order chi connectivity index (χ0) is 24.2. The number of ether oxygens (including phenoxy) is 2. The van der Waals surface area contributed by atoms with E-state index in [1.807, 2.05) is 19.1 Å². The number of hydrogen-bond donors (Lipinski definition) is 1. The number of aryl methyl sites for hydroxylation is 1. The number of carbonyl (C=O) groups is 1. The second-order valence-electron chi connectivity index (χ2n) is 7.88. The maximum absolute atomic E-state index is 14.3. The Morgan fingerprint density at radius 3 is 2.56 bits per heavy atom. The van der Waals surface area contributed by atoms with Crippen LogP contribution in [0.3, 0.4) is 0 Å². The van der Waals surface area contributed by atoms with Crippen molar-refractivity contribution < 1.29 is 23.8 Å². The van der Waals surface area contributed by atoms with E-state index in [4.69, 9.17) is 19.8 Å². The van der Waals surface area contributed by atoms with Gasteiger partial charge in [-0.3, -0.25) is 9.80 Å². The molecule has 0 bridgehead atoms. The average molecular weight is 459 g/mol. The summed E-state index contributed by atoms with van der Waals surface area (Å²) < 4.78 is 25.5. The fourth-order valence-corrected chi connectivity index (χ4v) is 3.84. The minimum absolute atomic E-state index is 0.119. The maximum Gasteiger partial charge on any atom is 0.305 e. The molecular formula is C26H22FN3O4. The van der Waals surface area contributed by atoms with Gasteiger partial charge >= 0.3 is 5.97 Å². The van der Waals surface area contributed by atoms with Crippen LogP contribution in [-0.2, 0) is 4.79 Å². The van der Waals surface area contributed by atoms with Crippen molar-refractivity contribution in [2.75, 3.05) is 12.1 Å². The number of hydrazone groups is 1. The molecule has 1 aliphatic rings. The van der Waals surface area contributed by atoms with Gasteiger partial charge in [0.15, 0.2) is 0 Å². The van der Waals surface area contributed by atoms with Crippen LogP contribution in [0.5, 0.6) is 17.2 Å². The standard InChI is InChI=1S/C26H22FN3O4/c1-16-11-17(23-14-22(33-2)8-9-24(23)27)3-10-25(16)34-21-6-4-19(5-7-21)30-20(13-26(31)32)12-18(15-28)29-30/h3-11,14,20H,12-13H2,1-2H3,(H,31,32). The molecule has 0 fully saturated rings. The van der Waals surface area contributed by atoms with Crippen LogP contribution in [0.2, 0.25) is 0 Å². The molecule has 0 radical (unpaired) electrons. The molecule has 8 heteroatoms. The van der Waals surface area contributed by atoms with Gasteiger partial charge in [-0.1, -0.05) is 6.07 Å². The van der Waals surface area contributed by atoms with Gasteiger partial charge in [0.25, 0.3) is 0 Å². The third-order valence-corrected chi connectivity index (χ3v) is 5.53. The summed E-state index contributed by atoms with van der Waals surface area (Å²) in [5.41, 5.74) is 2.95. The number of benzene rings is 3. The predicted octanol–water partition coefficient (Wildman–Crippen LogP) is 5.54. The van der Waals surface area contributed by atoms with Crippen LogP contribution in [0.15, 0.2) is 65.8 Å². The predicted molar refractivity (Wildman–Crippen MR) is 126 cm³/mol. The highest BCUT2D eigenvalue weighted by Crippen LogP contribution is 2.34. The van der Waals surface area contributed by atoms with E-state index < -0.39 is 12.0 Å². The second kappa shape index (κ2) is 9.63. The van der Waals surface area contributed by atoms with Gasteiger partial charge in [0.2, 0.25) is 0 Å². The molecule has 4 rings (SSSR count). The number of rotatable bonds is 7. The van der Waals surface area contributed by atoms with E-state index in [1.165, 1.54) is 13.2 Å². The number of anilines is 1. The van der Waals surface area contributed by atoms with E-state index in [0.29, 0.717) is 46.2 Å². The monoisotopic (exact) mass is 459 g/mol. The first-order valence-corrected chi connectivity index (χ1v) is 10.6. The molecule has 172 valence electrons. The summed E-state index contributed by atoms with van der Waals surface area (Å²) in [5, 5.41) is 24.1. The van der Waals surface area contributed by atoms with E-state index in [2.05, 4.69) is 5.10 Å². The highest BCUT2D eigenvalue weighted by atomic mass is 19.1. The molecule has 1 N–H and O–H groups in total. The first-order valence-electron chi connectivity index (χ1n) is 10.6. The molecule has 1 heterocycles. The Hall–Kier alpha value is -4.38. The Labute approximate surface area is 196 Å². The Morgan fingerprint density at radius 2 is 1.91 bits per heavy atom. The first kappa shape index (κ1) is 22.8. The van der Waals surface area contributed by atoms with Gasteiger partial charge in [0.1, 0.15) is 34.8 Å². The molecule has 3 aromatic carbocycles. The topological polar surface area (TPSA) is 95.2 Å². The lowest BCUT2D eigenvalue weighted by Crippen LogP contribution is -2.28. The average Bonchev–Trinajstić information content (AvgIpc) is 3.23. The molecule has 0 aromatic heterocycles. The van der Waals surface area contributed by atoms with E-state index in [1.54, 1.807) is 53.5 Å². The molecule has 0 saturated heterocycles. The normalized spacial score (nSPS) is 14.9.